The zero-order valence-electron chi connectivity index (χ0n) is 11.0. The molecule has 0 radical (unpaired) electrons. The quantitative estimate of drug-likeness (QED) is 0.845. The Kier molecular flexibility index (Phi) is 4.07. The first-order valence-electron chi connectivity index (χ1n) is 6.31. The Hall–Kier alpha value is -1.59. The van der Waals surface area contributed by atoms with Crippen LogP contribution < -0.4 is 4.74 Å². The summed E-state index contributed by atoms with van der Waals surface area (Å²) in [7, 11) is 0. The smallest absolute Gasteiger partial charge is 0.337 e. The number of carboxylic acids is 1. The van der Waals surface area contributed by atoms with E-state index in [0.717, 1.165) is 17.7 Å². The van der Waals surface area contributed by atoms with Gasteiger partial charge in [-0.15, -0.1) is 0 Å². The van der Waals surface area contributed by atoms with Crippen molar-refractivity contribution in [3.63, 3.8) is 0 Å². The van der Waals surface area contributed by atoms with Crippen molar-refractivity contribution in [3.05, 3.63) is 29.3 Å². The molecule has 1 aromatic carbocycles. The highest BCUT2D eigenvalue weighted by molar-refractivity contribution is 5.74. The highest BCUT2D eigenvalue weighted by atomic mass is 16.5. The van der Waals surface area contributed by atoms with E-state index in [-0.39, 0.29) is 0 Å². The molecule has 2 N–H and O–H groups in total. The fourth-order valence-corrected chi connectivity index (χ4v) is 1.98. The average Bonchev–Trinajstić information content (AvgIpc) is 2.81. The summed E-state index contributed by atoms with van der Waals surface area (Å²) in [4.78, 5) is 11.3. The Morgan fingerprint density at radius 3 is 2.79 bits per heavy atom. The lowest BCUT2D eigenvalue weighted by molar-refractivity contribution is -0.158. The van der Waals surface area contributed by atoms with E-state index in [1.807, 2.05) is 0 Å². The lowest BCUT2D eigenvalue weighted by Gasteiger charge is -2.21. The van der Waals surface area contributed by atoms with E-state index in [9.17, 15) is 15.0 Å². The van der Waals surface area contributed by atoms with Crippen molar-refractivity contribution in [1.29, 1.82) is 0 Å². The van der Waals surface area contributed by atoms with Crippen molar-refractivity contribution in [3.8, 4) is 5.75 Å². The third-order valence-electron chi connectivity index (χ3n) is 3.27. The second-order valence-corrected chi connectivity index (χ2v) is 4.77. The number of aliphatic hydroxyl groups excluding tert-OH is 1. The minimum atomic E-state index is -1.07. The number of aliphatic carboxylic acids is 1. The van der Waals surface area contributed by atoms with Gasteiger partial charge in [0.1, 0.15) is 5.75 Å². The molecule has 3 unspecified atom stereocenters. The molecule has 0 bridgehead atoms. The number of hydrogen-bond acceptors (Lipinski definition) is 4. The summed E-state index contributed by atoms with van der Waals surface area (Å²) >= 11 is 0. The minimum Gasteiger partial charge on any atom is -0.493 e. The van der Waals surface area contributed by atoms with Crippen LogP contribution in [-0.4, -0.2) is 35.0 Å². The fraction of sp³-hybridized carbons (Fsp3) is 0.500. The van der Waals surface area contributed by atoms with Crippen LogP contribution >= 0.6 is 0 Å². The first-order valence-corrected chi connectivity index (χ1v) is 6.31. The van der Waals surface area contributed by atoms with Gasteiger partial charge in [-0.2, -0.15) is 0 Å². The summed E-state index contributed by atoms with van der Waals surface area (Å²) < 4.78 is 10.8. The molecule has 1 aliphatic rings. The van der Waals surface area contributed by atoms with Crippen LogP contribution in [0.5, 0.6) is 5.75 Å². The topological polar surface area (TPSA) is 76.0 Å². The largest absolute Gasteiger partial charge is 0.493 e. The van der Waals surface area contributed by atoms with E-state index in [0.29, 0.717) is 12.2 Å². The van der Waals surface area contributed by atoms with Crippen molar-refractivity contribution in [2.75, 3.05) is 6.61 Å². The lowest BCUT2D eigenvalue weighted by atomic mass is 10.0. The predicted molar refractivity (Wildman–Crippen MR) is 68.2 cm³/mol. The number of benzene rings is 1. The van der Waals surface area contributed by atoms with Crippen molar-refractivity contribution >= 4 is 5.97 Å². The van der Waals surface area contributed by atoms with Crippen molar-refractivity contribution in [2.45, 2.75) is 38.6 Å². The van der Waals surface area contributed by atoms with E-state index >= 15 is 0 Å². The Bertz CT molecular complexity index is 469. The van der Waals surface area contributed by atoms with Gasteiger partial charge in [-0.25, -0.2) is 4.79 Å². The van der Waals surface area contributed by atoms with E-state index < -0.39 is 24.3 Å². The molecule has 0 amide bonds. The van der Waals surface area contributed by atoms with Gasteiger partial charge in [0, 0.05) is 6.42 Å². The van der Waals surface area contributed by atoms with Crippen LogP contribution in [0.1, 0.15) is 31.1 Å². The second kappa shape index (κ2) is 5.59. The van der Waals surface area contributed by atoms with Gasteiger partial charge in [-0.3, -0.25) is 0 Å². The number of carbonyl (C=O) groups is 1. The Morgan fingerprint density at radius 2 is 2.16 bits per heavy atom. The Morgan fingerprint density at radius 1 is 1.42 bits per heavy atom. The highest BCUT2D eigenvalue weighted by Crippen LogP contribution is 2.30. The van der Waals surface area contributed by atoms with Crippen LogP contribution in [0.3, 0.4) is 0 Å². The monoisotopic (exact) mass is 266 g/mol. The van der Waals surface area contributed by atoms with Gasteiger partial charge in [-0.05, 0) is 37.1 Å². The number of ether oxygens (including phenoxy) is 2. The SMILES string of the molecule is CC(O)C(C)OC(C(=O)O)c1ccc2c(c1)CCO2. The lowest BCUT2D eigenvalue weighted by Crippen LogP contribution is -2.28. The Balaban J connectivity index is 2.22. The summed E-state index contributed by atoms with van der Waals surface area (Å²) in [5.74, 6) is -0.261. The third kappa shape index (κ3) is 3.05. The van der Waals surface area contributed by atoms with Crippen LogP contribution in [0, 0.1) is 0 Å². The van der Waals surface area contributed by atoms with E-state index in [1.54, 1.807) is 32.0 Å². The molecule has 0 fully saturated rings. The molecule has 5 nitrogen and oxygen atoms in total. The summed E-state index contributed by atoms with van der Waals surface area (Å²) in [6.07, 6.45) is -1.57. The van der Waals surface area contributed by atoms with Crippen LogP contribution in [-0.2, 0) is 16.0 Å². The highest BCUT2D eigenvalue weighted by Gasteiger charge is 2.26. The van der Waals surface area contributed by atoms with E-state index in [1.165, 1.54) is 0 Å². The summed E-state index contributed by atoms with van der Waals surface area (Å²) in [6, 6.07) is 5.26. The number of rotatable bonds is 5. The maximum Gasteiger partial charge on any atom is 0.337 e. The van der Waals surface area contributed by atoms with Gasteiger partial charge >= 0.3 is 5.97 Å². The van der Waals surface area contributed by atoms with E-state index in [4.69, 9.17) is 9.47 Å². The van der Waals surface area contributed by atoms with Gasteiger partial charge in [0.2, 0.25) is 0 Å². The molecule has 0 saturated heterocycles. The van der Waals surface area contributed by atoms with Crippen LogP contribution in [0.2, 0.25) is 0 Å². The second-order valence-electron chi connectivity index (χ2n) is 4.77. The Labute approximate surface area is 111 Å². The molecule has 0 saturated carbocycles. The van der Waals surface area contributed by atoms with Crippen molar-refractivity contribution in [1.82, 2.24) is 0 Å². The first kappa shape index (κ1) is 13.8. The minimum absolute atomic E-state index is 0.550. The van der Waals surface area contributed by atoms with Crippen molar-refractivity contribution < 1.29 is 24.5 Å². The maximum absolute atomic E-state index is 11.3. The normalized spacial score (nSPS) is 18.3. The molecule has 0 spiro atoms. The molecule has 0 aromatic heterocycles. The fourth-order valence-electron chi connectivity index (χ4n) is 1.98. The molecule has 19 heavy (non-hydrogen) atoms. The number of fused-ring (bicyclic) bond motifs is 1. The molecule has 1 aliphatic heterocycles. The van der Waals surface area contributed by atoms with Gasteiger partial charge < -0.3 is 19.7 Å². The van der Waals surface area contributed by atoms with Gasteiger partial charge in [0.05, 0.1) is 18.8 Å². The summed E-state index contributed by atoms with van der Waals surface area (Å²) in [5.41, 5.74) is 1.57. The van der Waals surface area contributed by atoms with E-state index in [2.05, 4.69) is 0 Å². The van der Waals surface area contributed by atoms with Gasteiger partial charge in [0.15, 0.2) is 6.10 Å². The standard InChI is InChI=1S/C14H18O5/c1-8(15)9(2)19-13(14(16)17)11-3-4-12-10(7-11)5-6-18-12/h3-4,7-9,13,15H,5-6H2,1-2H3,(H,16,17). The van der Waals surface area contributed by atoms with Crippen LogP contribution in [0.4, 0.5) is 0 Å². The van der Waals surface area contributed by atoms with Gasteiger partial charge in [-0.1, -0.05) is 6.07 Å². The zero-order valence-corrected chi connectivity index (χ0v) is 11.0. The first-order chi connectivity index (χ1) is 8.99. The summed E-state index contributed by atoms with van der Waals surface area (Å²) in [5, 5.41) is 18.7. The predicted octanol–water partition coefficient (Wildman–Crippen LogP) is 1.53. The van der Waals surface area contributed by atoms with Crippen LogP contribution in [0.15, 0.2) is 18.2 Å². The molecule has 5 heteroatoms. The van der Waals surface area contributed by atoms with Gasteiger partial charge in [0.25, 0.3) is 0 Å². The molecule has 104 valence electrons. The zero-order chi connectivity index (χ0) is 14.0. The molecule has 1 heterocycles. The number of hydrogen-bond donors (Lipinski definition) is 2. The van der Waals surface area contributed by atoms with Crippen molar-refractivity contribution in [2.24, 2.45) is 0 Å². The molecular weight excluding hydrogens is 248 g/mol. The molecule has 0 aliphatic carbocycles. The van der Waals surface area contributed by atoms with Crippen LogP contribution in [0.25, 0.3) is 0 Å². The summed E-state index contributed by atoms with van der Waals surface area (Å²) in [6.45, 7) is 3.85. The maximum atomic E-state index is 11.3. The average molecular weight is 266 g/mol. The molecule has 3 atom stereocenters. The molecule has 2 rings (SSSR count). The molecule has 1 aromatic rings. The number of carboxylic acid groups (broad SMARTS) is 1. The molecular formula is C14H18O5. The number of aliphatic hydroxyl groups is 1. The third-order valence-corrected chi connectivity index (χ3v) is 3.27.